The Morgan fingerprint density at radius 3 is 2.69 bits per heavy atom. The van der Waals surface area contributed by atoms with E-state index in [9.17, 15) is 4.79 Å². The van der Waals surface area contributed by atoms with Gasteiger partial charge in [0.15, 0.2) is 5.17 Å². The fraction of sp³-hybridized carbons (Fsp3) is 0.304. The van der Waals surface area contributed by atoms with Crippen molar-refractivity contribution in [2.45, 2.75) is 38.6 Å². The van der Waals surface area contributed by atoms with Gasteiger partial charge in [0.25, 0.3) is 5.91 Å². The third-order valence-electron chi connectivity index (χ3n) is 5.66. The van der Waals surface area contributed by atoms with E-state index in [1.165, 1.54) is 23.0 Å². The van der Waals surface area contributed by atoms with Gasteiger partial charge in [0.2, 0.25) is 0 Å². The van der Waals surface area contributed by atoms with Gasteiger partial charge in [-0.2, -0.15) is 0 Å². The van der Waals surface area contributed by atoms with E-state index in [0.29, 0.717) is 16.0 Å². The molecular formula is C23H24BrN3OS. The SMILES string of the molecule is C[C@H]1CC(C)(C)N(C)c2ccc(/C=C3\SC(=Nc4ccc(Br)cc4)NC3=O)cc21. The average molecular weight is 470 g/mol. The topological polar surface area (TPSA) is 44.7 Å². The minimum atomic E-state index is -0.102. The summed E-state index contributed by atoms with van der Waals surface area (Å²) < 4.78 is 1.00. The zero-order valence-electron chi connectivity index (χ0n) is 17.0. The van der Waals surface area contributed by atoms with Crippen molar-refractivity contribution < 1.29 is 4.79 Å². The van der Waals surface area contributed by atoms with Gasteiger partial charge in [0, 0.05) is 22.7 Å². The van der Waals surface area contributed by atoms with Crippen molar-refractivity contribution in [2.75, 3.05) is 11.9 Å². The number of benzene rings is 2. The zero-order chi connectivity index (χ0) is 20.8. The molecule has 2 aliphatic rings. The van der Waals surface area contributed by atoms with Crippen molar-refractivity contribution in [1.29, 1.82) is 0 Å². The summed E-state index contributed by atoms with van der Waals surface area (Å²) in [6, 6.07) is 14.2. The van der Waals surface area contributed by atoms with Gasteiger partial charge in [-0.3, -0.25) is 4.79 Å². The Balaban J connectivity index is 1.59. The predicted octanol–water partition coefficient (Wildman–Crippen LogP) is 6.06. The number of hydrogen-bond donors (Lipinski definition) is 1. The van der Waals surface area contributed by atoms with Gasteiger partial charge in [-0.25, -0.2) is 4.99 Å². The second-order valence-electron chi connectivity index (χ2n) is 8.25. The van der Waals surface area contributed by atoms with E-state index in [0.717, 1.165) is 22.1 Å². The molecule has 0 aromatic heterocycles. The number of amidine groups is 1. The lowest BCUT2D eigenvalue weighted by molar-refractivity contribution is -0.115. The van der Waals surface area contributed by atoms with E-state index in [-0.39, 0.29) is 11.4 Å². The van der Waals surface area contributed by atoms with E-state index in [4.69, 9.17) is 0 Å². The Kier molecular flexibility index (Phi) is 5.34. The number of hydrogen-bond acceptors (Lipinski definition) is 4. The maximum absolute atomic E-state index is 12.4. The number of fused-ring (bicyclic) bond motifs is 1. The molecule has 4 nitrogen and oxygen atoms in total. The smallest absolute Gasteiger partial charge is 0.264 e. The van der Waals surface area contributed by atoms with Crippen LogP contribution in [0.5, 0.6) is 0 Å². The molecule has 2 heterocycles. The molecule has 0 aliphatic carbocycles. The number of nitrogens with zero attached hydrogens (tertiary/aromatic N) is 2. The summed E-state index contributed by atoms with van der Waals surface area (Å²) in [7, 11) is 2.16. The predicted molar refractivity (Wildman–Crippen MR) is 127 cm³/mol. The monoisotopic (exact) mass is 469 g/mol. The van der Waals surface area contributed by atoms with Gasteiger partial charge in [-0.1, -0.05) is 28.9 Å². The molecule has 1 N–H and O–H groups in total. The van der Waals surface area contributed by atoms with Crippen LogP contribution in [0.15, 0.2) is 56.8 Å². The van der Waals surface area contributed by atoms with Crippen molar-refractivity contribution in [3.63, 3.8) is 0 Å². The van der Waals surface area contributed by atoms with Crippen molar-refractivity contribution in [2.24, 2.45) is 4.99 Å². The van der Waals surface area contributed by atoms with Crippen molar-refractivity contribution in [1.82, 2.24) is 5.32 Å². The lowest BCUT2D eigenvalue weighted by atomic mass is 9.80. The Morgan fingerprint density at radius 2 is 1.97 bits per heavy atom. The molecule has 2 aromatic rings. The summed E-state index contributed by atoms with van der Waals surface area (Å²) in [5.41, 5.74) is 4.62. The van der Waals surface area contributed by atoms with E-state index < -0.39 is 0 Å². The quantitative estimate of drug-likeness (QED) is 0.543. The minimum absolute atomic E-state index is 0.102. The third-order valence-corrected chi connectivity index (χ3v) is 7.10. The maximum Gasteiger partial charge on any atom is 0.264 e. The maximum atomic E-state index is 12.4. The third kappa shape index (κ3) is 4.14. The summed E-state index contributed by atoms with van der Waals surface area (Å²) in [5.74, 6) is 0.379. The van der Waals surface area contributed by atoms with E-state index >= 15 is 0 Å². The number of carbonyl (C=O) groups excluding carboxylic acids is 1. The Hall–Kier alpha value is -2.05. The highest BCUT2D eigenvalue weighted by molar-refractivity contribution is 9.10. The van der Waals surface area contributed by atoms with Gasteiger partial charge in [0.05, 0.1) is 10.6 Å². The summed E-state index contributed by atoms with van der Waals surface area (Å²) >= 11 is 4.80. The second-order valence-corrected chi connectivity index (χ2v) is 10.2. The highest BCUT2D eigenvalue weighted by Gasteiger charge is 2.34. The molecule has 0 bridgehead atoms. The molecule has 150 valence electrons. The van der Waals surface area contributed by atoms with Crippen LogP contribution < -0.4 is 10.2 Å². The number of nitrogens with one attached hydrogen (secondary N) is 1. The van der Waals surface area contributed by atoms with Crippen LogP contribution in [0, 0.1) is 0 Å². The molecule has 1 saturated heterocycles. The van der Waals surface area contributed by atoms with Crippen LogP contribution in [0.3, 0.4) is 0 Å². The molecule has 0 spiro atoms. The fourth-order valence-electron chi connectivity index (χ4n) is 3.95. The van der Waals surface area contributed by atoms with Crippen molar-refractivity contribution in [3.05, 3.63) is 63.0 Å². The first kappa shape index (κ1) is 20.2. The number of carbonyl (C=O) groups is 1. The number of halogens is 1. The molecule has 4 rings (SSSR count). The first-order valence-electron chi connectivity index (χ1n) is 9.66. The van der Waals surface area contributed by atoms with Crippen LogP contribution in [0.2, 0.25) is 0 Å². The van der Waals surface area contributed by atoms with Crippen LogP contribution in [0.1, 0.15) is 44.2 Å². The molecule has 2 aromatic carbocycles. The standard InChI is InChI=1S/C23H24BrN3OS/c1-14-13-23(2,3)27(4)19-10-5-15(11-18(14)19)12-20-21(28)26-22(29-20)25-17-8-6-16(24)7-9-17/h5-12,14H,13H2,1-4H3,(H,25,26,28)/b20-12-/t14-/m0/s1. The molecule has 0 radical (unpaired) electrons. The second kappa shape index (κ2) is 7.65. The average Bonchev–Trinajstić information content (AvgIpc) is 3.00. The molecule has 1 atom stereocenters. The molecule has 29 heavy (non-hydrogen) atoms. The van der Waals surface area contributed by atoms with E-state index in [2.05, 4.69) is 77.2 Å². The van der Waals surface area contributed by atoms with Crippen LogP contribution in [0.4, 0.5) is 11.4 Å². The lowest BCUT2D eigenvalue weighted by Crippen LogP contribution is -2.45. The fourth-order valence-corrected chi connectivity index (χ4v) is 5.06. The van der Waals surface area contributed by atoms with E-state index in [1.54, 1.807) is 0 Å². The van der Waals surface area contributed by atoms with Gasteiger partial charge >= 0.3 is 0 Å². The molecule has 2 aliphatic heterocycles. The Bertz CT molecular complexity index is 1030. The first-order chi connectivity index (χ1) is 13.7. The highest BCUT2D eigenvalue weighted by atomic mass is 79.9. The van der Waals surface area contributed by atoms with Gasteiger partial charge in [-0.05, 0) is 91.5 Å². The number of rotatable bonds is 2. The van der Waals surface area contributed by atoms with Crippen LogP contribution >= 0.6 is 27.7 Å². The van der Waals surface area contributed by atoms with Gasteiger partial charge < -0.3 is 10.2 Å². The minimum Gasteiger partial charge on any atom is -0.369 e. The Labute approximate surface area is 184 Å². The molecule has 1 amide bonds. The molecule has 1 fully saturated rings. The number of anilines is 1. The molecule has 0 unspecified atom stereocenters. The highest BCUT2D eigenvalue weighted by Crippen LogP contribution is 2.43. The van der Waals surface area contributed by atoms with E-state index in [1.807, 2.05) is 30.3 Å². The summed E-state index contributed by atoms with van der Waals surface area (Å²) in [4.78, 5) is 20.0. The van der Waals surface area contributed by atoms with Gasteiger partial charge in [-0.15, -0.1) is 0 Å². The number of thioether (sulfide) groups is 1. The van der Waals surface area contributed by atoms with Crippen molar-refractivity contribution in [3.8, 4) is 0 Å². The largest absolute Gasteiger partial charge is 0.369 e. The van der Waals surface area contributed by atoms with Crippen molar-refractivity contribution >= 4 is 56.2 Å². The first-order valence-corrected chi connectivity index (χ1v) is 11.3. The summed E-state index contributed by atoms with van der Waals surface area (Å²) in [6.07, 6.45) is 3.06. The Morgan fingerprint density at radius 1 is 1.24 bits per heavy atom. The lowest BCUT2D eigenvalue weighted by Gasteiger charge is -2.45. The molecule has 0 saturated carbocycles. The van der Waals surface area contributed by atoms with Crippen LogP contribution in [-0.4, -0.2) is 23.7 Å². The summed E-state index contributed by atoms with van der Waals surface area (Å²) in [5, 5.41) is 3.47. The zero-order valence-corrected chi connectivity index (χ0v) is 19.4. The van der Waals surface area contributed by atoms with Gasteiger partial charge in [0.1, 0.15) is 0 Å². The normalized spacial score (nSPS) is 23.4. The number of amides is 1. The molecular weight excluding hydrogens is 446 g/mol. The number of aliphatic imine (C=N–C) groups is 1. The van der Waals surface area contributed by atoms with Crippen LogP contribution in [0.25, 0.3) is 6.08 Å². The van der Waals surface area contributed by atoms with Crippen LogP contribution in [-0.2, 0) is 4.79 Å². The summed E-state index contributed by atoms with van der Waals surface area (Å²) in [6.45, 7) is 6.85. The molecule has 6 heteroatoms.